The van der Waals surface area contributed by atoms with Gasteiger partial charge < -0.3 is 9.67 Å². The van der Waals surface area contributed by atoms with Crippen molar-refractivity contribution in [2.45, 2.75) is 13.0 Å². The van der Waals surface area contributed by atoms with Crippen LogP contribution in [0.25, 0.3) is 5.76 Å². The summed E-state index contributed by atoms with van der Waals surface area (Å²) in [5.41, 5.74) is 2.92. The number of nitrogens with zero attached hydrogens (tertiary/aromatic N) is 3. The van der Waals surface area contributed by atoms with E-state index in [2.05, 4.69) is 15.2 Å². The van der Waals surface area contributed by atoms with Gasteiger partial charge in [0.15, 0.2) is 5.82 Å². The molecule has 0 unspecified atom stereocenters. The molecule has 2 N–H and O–H groups in total. The summed E-state index contributed by atoms with van der Waals surface area (Å²) in [6.07, 6.45) is 6.25. The van der Waals surface area contributed by atoms with E-state index >= 15 is 0 Å². The molecule has 8 heteroatoms. The van der Waals surface area contributed by atoms with Crippen molar-refractivity contribution in [3.63, 3.8) is 0 Å². The second-order valence-electron chi connectivity index (χ2n) is 7.03. The Morgan fingerprint density at radius 1 is 1.00 bits per heavy atom. The van der Waals surface area contributed by atoms with Crippen LogP contribution in [0.2, 0.25) is 0 Å². The van der Waals surface area contributed by atoms with Crippen LogP contribution >= 0.6 is 0 Å². The number of allylic oxidation sites excluding steroid dienone is 1. The minimum absolute atomic E-state index is 0.0115. The lowest BCUT2D eigenvalue weighted by atomic mass is 10.0. The van der Waals surface area contributed by atoms with E-state index in [1.807, 2.05) is 10.8 Å². The third-order valence-electron chi connectivity index (χ3n) is 4.74. The Balaban J connectivity index is 1.66. The van der Waals surface area contributed by atoms with Gasteiger partial charge in [0, 0.05) is 30.6 Å². The Hall–Kier alpha value is -4.07. The van der Waals surface area contributed by atoms with Crippen LogP contribution in [-0.2, 0) is 13.0 Å². The quantitative estimate of drug-likeness (QED) is 0.265. The van der Waals surface area contributed by atoms with E-state index in [4.69, 9.17) is 0 Å². The number of carbonyl (C=O) groups is 1. The van der Waals surface area contributed by atoms with Gasteiger partial charge in [0.05, 0.1) is 0 Å². The monoisotopic (exact) mass is 420 g/mol. The molecule has 31 heavy (non-hydrogen) atoms. The maximum Gasteiger partial charge on any atom is 0.226 e. The van der Waals surface area contributed by atoms with Crippen LogP contribution in [0.4, 0.5) is 8.78 Å². The fourth-order valence-electron chi connectivity index (χ4n) is 3.24. The Kier molecular flexibility index (Phi) is 5.70. The molecule has 0 bridgehead atoms. The number of hydrogen-bond acceptors (Lipinski definition) is 4. The normalized spacial score (nSPS) is 11.6. The molecular weight excluding hydrogens is 402 g/mol. The highest BCUT2D eigenvalue weighted by Gasteiger charge is 2.15. The van der Waals surface area contributed by atoms with Crippen molar-refractivity contribution in [2.24, 2.45) is 0 Å². The molecule has 0 atom stereocenters. The summed E-state index contributed by atoms with van der Waals surface area (Å²) in [6.45, 7) is 0.444. The zero-order chi connectivity index (χ0) is 21.8. The van der Waals surface area contributed by atoms with E-state index in [0.29, 0.717) is 18.5 Å². The Bertz CT molecular complexity index is 1210. The van der Waals surface area contributed by atoms with Crippen LogP contribution in [0.15, 0.2) is 73.3 Å². The lowest BCUT2D eigenvalue weighted by Crippen LogP contribution is -2.00. The van der Waals surface area contributed by atoms with Gasteiger partial charge in [-0.25, -0.2) is 13.8 Å². The average Bonchev–Trinajstić information content (AvgIpc) is 3.42. The number of aromatic amines is 1. The molecule has 2 aromatic heterocycles. The number of ketones is 1. The van der Waals surface area contributed by atoms with Crippen LogP contribution in [0.1, 0.15) is 32.9 Å². The lowest BCUT2D eigenvalue weighted by Gasteiger charge is -2.04. The number of carbonyl (C=O) groups excluding carboxylic acids is 1. The first-order chi connectivity index (χ1) is 15.0. The molecule has 0 amide bonds. The molecule has 0 saturated heterocycles. The van der Waals surface area contributed by atoms with E-state index in [9.17, 15) is 18.7 Å². The van der Waals surface area contributed by atoms with Gasteiger partial charge in [0.2, 0.25) is 5.78 Å². The number of aromatic nitrogens is 4. The van der Waals surface area contributed by atoms with Gasteiger partial charge in [-0.15, -0.1) is 0 Å². The van der Waals surface area contributed by atoms with Crippen molar-refractivity contribution in [1.82, 2.24) is 19.7 Å². The molecule has 0 aliphatic heterocycles. The summed E-state index contributed by atoms with van der Waals surface area (Å²) in [5, 5.41) is 16.8. The molecule has 4 rings (SSSR count). The SMILES string of the molecule is O=C(C=C(O)c1cn(Cc2ccc(F)cc2)cc1Cc1ccc(F)cc1)c1ncn[nH]1. The molecule has 0 saturated carbocycles. The van der Waals surface area contributed by atoms with Gasteiger partial charge in [-0.2, -0.15) is 5.10 Å². The summed E-state index contributed by atoms with van der Waals surface area (Å²) < 4.78 is 28.3. The van der Waals surface area contributed by atoms with E-state index < -0.39 is 5.78 Å². The third-order valence-corrected chi connectivity index (χ3v) is 4.74. The van der Waals surface area contributed by atoms with E-state index in [0.717, 1.165) is 22.8 Å². The minimum atomic E-state index is -0.519. The number of benzene rings is 2. The Morgan fingerprint density at radius 3 is 2.26 bits per heavy atom. The van der Waals surface area contributed by atoms with Crippen LogP contribution in [0, 0.1) is 11.6 Å². The van der Waals surface area contributed by atoms with Gasteiger partial charge in [-0.05, 0) is 47.4 Å². The van der Waals surface area contributed by atoms with Crippen molar-refractivity contribution in [1.29, 1.82) is 0 Å². The molecule has 0 fully saturated rings. The first kappa shape index (κ1) is 20.2. The summed E-state index contributed by atoms with van der Waals surface area (Å²) in [6, 6.07) is 12.2. The second-order valence-corrected chi connectivity index (χ2v) is 7.03. The van der Waals surface area contributed by atoms with Crippen LogP contribution < -0.4 is 0 Å². The fourth-order valence-corrected chi connectivity index (χ4v) is 3.24. The number of aliphatic hydroxyl groups is 1. The zero-order valence-corrected chi connectivity index (χ0v) is 16.3. The summed E-state index contributed by atoms with van der Waals surface area (Å²) in [7, 11) is 0. The molecule has 0 spiro atoms. The fraction of sp³-hybridized carbons (Fsp3) is 0.0870. The number of hydrogen-bond donors (Lipinski definition) is 2. The molecule has 0 aliphatic rings. The van der Waals surface area contributed by atoms with Crippen molar-refractivity contribution < 1.29 is 18.7 Å². The molecule has 4 aromatic rings. The molecule has 0 aliphatic carbocycles. The standard InChI is InChI=1S/C23H18F2N4O2/c24-18-5-1-15(2-6-18)9-17-12-29(11-16-3-7-19(25)8-4-16)13-20(17)21(30)10-22(31)23-26-14-27-28-23/h1-8,10,12-14,30H,9,11H2,(H,26,27,28). The van der Waals surface area contributed by atoms with Crippen molar-refractivity contribution in [3.05, 3.63) is 113 Å². The van der Waals surface area contributed by atoms with Gasteiger partial charge in [-0.3, -0.25) is 9.89 Å². The van der Waals surface area contributed by atoms with E-state index in [1.165, 1.54) is 30.6 Å². The molecule has 156 valence electrons. The number of rotatable bonds is 7. The first-order valence-electron chi connectivity index (χ1n) is 9.46. The van der Waals surface area contributed by atoms with Crippen molar-refractivity contribution in [3.8, 4) is 0 Å². The molecule has 2 aromatic carbocycles. The van der Waals surface area contributed by atoms with Crippen LogP contribution in [0.3, 0.4) is 0 Å². The third kappa shape index (κ3) is 4.92. The Labute approximate surface area is 176 Å². The molecule has 0 radical (unpaired) electrons. The number of H-pyrrole nitrogens is 1. The first-order valence-corrected chi connectivity index (χ1v) is 9.46. The number of aliphatic hydroxyl groups excluding tert-OH is 1. The topological polar surface area (TPSA) is 83.8 Å². The maximum atomic E-state index is 13.3. The summed E-state index contributed by atoms with van der Waals surface area (Å²) in [4.78, 5) is 16.1. The van der Waals surface area contributed by atoms with Crippen LogP contribution in [0.5, 0.6) is 0 Å². The summed E-state index contributed by atoms with van der Waals surface area (Å²) >= 11 is 0. The lowest BCUT2D eigenvalue weighted by molar-refractivity contribution is 0.103. The predicted octanol–water partition coefficient (Wildman–Crippen LogP) is 4.31. The van der Waals surface area contributed by atoms with Crippen molar-refractivity contribution >= 4 is 11.5 Å². The van der Waals surface area contributed by atoms with Crippen LogP contribution in [-0.4, -0.2) is 30.6 Å². The number of halogens is 2. The van der Waals surface area contributed by atoms with Crippen molar-refractivity contribution in [2.75, 3.05) is 0 Å². The van der Waals surface area contributed by atoms with Gasteiger partial charge >= 0.3 is 0 Å². The van der Waals surface area contributed by atoms with E-state index in [1.54, 1.807) is 30.5 Å². The van der Waals surface area contributed by atoms with Gasteiger partial charge in [-0.1, -0.05) is 24.3 Å². The highest BCUT2D eigenvalue weighted by molar-refractivity contribution is 6.05. The zero-order valence-electron chi connectivity index (χ0n) is 16.3. The predicted molar refractivity (Wildman–Crippen MR) is 110 cm³/mol. The summed E-state index contributed by atoms with van der Waals surface area (Å²) in [5.74, 6) is -1.39. The average molecular weight is 420 g/mol. The molecular formula is C23H18F2N4O2. The largest absolute Gasteiger partial charge is 0.507 e. The molecule has 2 heterocycles. The molecule has 6 nitrogen and oxygen atoms in total. The highest BCUT2D eigenvalue weighted by Crippen LogP contribution is 2.23. The van der Waals surface area contributed by atoms with Gasteiger partial charge in [0.25, 0.3) is 0 Å². The Morgan fingerprint density at radius 2 is 1.65 bits per heavy atom. The highest BCUT2D eigenvalue weighted by atomic mass is 19.1. The minimum Gasteiger partial charge on any atom is -0.507 e. The number of nitrogens with one attached hydrogen (secondary N) is 1. The van der Waals surface area contributed by atoms with E-state index in [-0.39, 0.29) is 23.2 Å². The van der Waals surface area contributed by atoms with Gasteiger partial charge in [0.1, 0.15) is 23.7 Å². The smallest absolute Gasteiger partial charge is 0.226 e. The second kappa shape index (κ2) is 8.74. The maximum absolute atomic E-state index is 13.3.